The highest BCUT2D eigenvalue weighted by molar-refractivity contribution is 5.93. The van der Waals surface area contributed by atoms with Gasteiger partial charge in [-0.2, -0.15) is 0 Å². The number of hydrogen-bond donors (Lipinski definition) is 2. The van der Waals surface area contributed by atoms with Gasteiger partial charge in [0, 0.05) is 62.5 Å². The minimum atomic E-state index is 0.181. The van der Waals surface area contributed by atoms with Crippen LogP contribution in [0, 0.1) is 0 Å². The summed E-state index contributed by atoms with van der Waals surface area (Å²) < 4.78 is 0. The summed E-state index contributed by atoms with van der Waals surface area (Å²) in [4.78, 5) is 22.7. The maximum atomic E-state index is 13.3. The van der Waals surface area contributed by atoms with E-state index < -0.39 is 0 Å². The summed E-state index contributed by atoms with van der Waals surface area (Å²) in [7, 11) is 0. The largest absolute Gasteiger partial charge is 0.368 e. The van der Waals surface area contributed by atoms with Crippen LogP contribution in [-0.4, -0.2) is 61.1 Å². The van der Waals surface area contributed by atoms with E-state index in [2.05, 4.69) is 64.1 Å². The van der Waals surface area contributed by atoms with Crippen LogP contribution in [0.5, 0.6) is 0 Å². The van der Waals surface area contributed by atoms with Gasteiger partial charge in [0.1, 0.15) is 5.82 Å². The van der Waals surface area contributed by atoms with Crippen molar-refractivity contribution in [3.8, 4) is 11.1 Å². The van der Waals surface area contributed by atoms with E-state index in [1.54, 1.807) is 0 Å². The molecule has 3 aromatic carbocycles. The van der Waals surface area contributed by atoms with E-state index >= 15 is 0 Å². The van der Waals surface area contributed by atoms with Gasteiger partial charge in [0.25, 0.3) is 0 Å². The van der Waals surface area contributed by atoms with Crippen LogP contribution in [-0.2, 0) is 11.2 Å². The molecule has 37 heavy (non-hydrogen) atoms. The Morgan fingerprint density at radius 2 is 1.68 bits per heavy atom. The lowest BCUT2D eigenvalue weighted by molar-refractivity contribution is -0.129. The maximum Gasteiger partial charge on any atom is 0.227 e. The summed E-state index contributed by atoms with van der Waals surface area (Å²) in [5.41, 5.74) is 5.59. The Bertz CT molecular complexity index is 1380. The number of pyridine rings is 1. The monoisotopic (exact) mass is 491 g/mol. The predicted molar refractivity (Wildman–Crippen MR) is 151 cm³/mol. The highest BCUT2D eigenvalue weighted by Gasteiger charge is 2.27. The Morgan fingerprint density at radius 3 is 2.54 bits per heavy atom. The molecule has 2 N–H and O–H groups in total. The smallest absolute Gasteiger partial charge is 0.227 e. The molecule has 188 valence electrons. The van der Waals surface area contributed by atoms with Crippen molar-refractivity contribution >= 4 is 28.3 Å². The number of para-hydroxylation sites is 1. The van der Waals surface area contributed by atoms with Gasteiger partial charge in [-0.25, -0.2) is 4.98 Å². The minimum Gasteiger partial charge on any atom is -0.368 e. The quantitative estimate of drug-likeness (QED) is 0.414. The van der Waals surface area contributed by atoms with Gasteiger partial charge in [0.2, 0.25) is 5.91 Å². The van der Waals surface area contributed by atoms with Gasteiger partial charge in [-0.05, 0) is 29.2 Å². The van der Waals surface area contributed by atoms with Crippen LogP contribution in [0.1, 0.15) is 12.0 Å². The standard InChI is InChI=1S/C31H33N5O/c37-31(20-24-10-4-5-11-26(24)23-8-2-1-3-9-23)36-17-14-25(22-36)33-30-21-29(35-18-15-32-16-19-35)27-12-6-7-13-28(27)34-30/h1-13,21,25,32H,14-20,22H2,(H,33,34). The number of carbonyl (C=O) groups excluding carboxylic acids is 1. The molecule has 0 bridgehead atoms. The molecule has 0 radical (unpaired) electrons. The van der Waals surface area contributed by atoms with Gasteiger partial charge in [-0.1, -0.05) is 72.8 Å². The first-order valence-corrected chi connectivity index (χ1v) is 13.3. The molecule has 2 aliphatic heterocycles. The number of carbonyl (C=O) groups is 1. The second-order valence-electron chi connectivity index (χ2n) is 9.95. The van der Waals surface area contributed by atoms with Crippen molar-refractivity contribution in [2.75, 3.05) is 49.5 Å². The highest BCUT2D eigenvalue weighted by Crippen LogP contribution is 2.30. The molecule has 1 unspecified atom stereocenters. The molecular weight excluding hydrogens is 458 g/mol. The van der Waals surface area contributed by atoms with E-state index in [0.29, 0.717) is 13.0 Å². The minimum absolute atomic E-state index is 0.181. The number of piperazine rings is 1. The lowest BCUT2D eigenvalue weighted by Gasteiger charge is -2.31. The molecule has 2 aliphatic rings. The molecule has 3 heterocycles. The Morgan fingerprint density at radius 1 is 0.919 bits per heavy atom. The van der Waals surface area contributed by atoms with Gasteiger partial charge >= 0.3 is 0 Å². The summed E-state index contributed by atoms with van der Waals surface area (Å²) in [6.07, 6.45) is 1.34. The molecule has 1 aromatic heterocycles. The number of rotatable bonds is 6. The van der Waals surface area contributed by atoms with Crippen molar-refractivity contribution < 1.29 is 4.79 Å². The SMILES string of the molecule is O=C(Cc1ccccc1-c1ccccc1)N1CCC(Nc2cc(N3CCNCC3)c3ccccc3n2)C1. The van der Waals surface area contributed by atoms with E-state index in [1.165, 1.54) is 11.1 Å². The molecule has 2 fully saturated rings. The predicted octanol–water partition coefficient (Wildman–Crippen LogP) is 4.57. The van der Waals surface area contributed by atoms with Crippen LogP contribution in [0.15, 0.2) is 84.9 Å². The number of nitrogens with zero attached hydrogens (tertiary/aromatic N) is 3. The van der Waals surface area contributed by atoms with Crippen molar-refractivity contribution in [3.63, 3.8) is 0 Å². The van der Waals surface area contributed by atoms with Crippen molar-refractivity contribution in [1.29, 1.82) is 0 Å². The molecular formula is C31H33N5O. The molecule has 1 atom stereocenters. The van der Waals surface area contributed by atoms with Crippen LogP contribution in [0.25, 0.3) is 22.0 Å². The summed E-state index contributed by atoms with van der Waals surface area (Å²) in [5.74, 6) is 1.07. The van der Waals surface area contributed by atoms with Crippen LogP contribution in [0.4, 0.5) is 11.5 Å². The fourth-order valence-corrected chi connectivity index (χ4v) is 5.56. The lowest BCUT2D eigenvalue weighted by Crippen LogP contribution is -2.43. The van der Waals surface area contributed by atoms with E-state index in [1.807, 2.05) is 41.3 Å². The summed E-state index contributed by atoms with van der Waals surface area (Å²) in [6.45, 7) is 5.43. The first-order chi connectivity index (χ1) is 18.2. The molecule has 1 amide bonds. The zero-order chi connectivity index (χ0) is 25.0. The second-order valence-corrected chi connectivity index (χ2v) is 9.95. The zero-order valence-corrected chi connectivity index (χ0v) is 21.1. The summed E-state index contributed by atoms with van der Waals surface area (Å²) in [6, 6.07) is 29.3. The Balaban J connectivity index is 1.16. The molecule has 4 aromatic rings. The molecule has 6 heteroatoms. The van der Waals surface area contributed by atoms with Crippen LogP contribution < -0.4 is 15.5 Å². The fraction of sp³-hybridized carbons (Fsp3) is 0.290. The van der Waals surface area contributed by atoms with Gasteiger partial charge in [-0.15, -0.1) is 0 Å². The molecule has 6 rings (SSSR count). The fourth-order valence-electron chi connectivity index (χ4n) is 5.56. The third-order valence-electron chi connectivity index (χ3n) is 7.49. The van der Waals surface area contributed by atoms with Crippen molar-refractivity contribution in [2.24, 2.45) is 0 Å². The molecule has 2 saturated heterocycles. The average molecular weight is 492 g/mol. The Labute approximate surface area is 218 Å². The Hall–Kier alpha value is -3.90. The lowest BCUT2D eigenvalue weighted by atomic mass is 9.97. The first kappa shape index (κ1) is 23.5. The van der Waals surface area contributed by atoms with E-state index in [4.69, 9.17) is 4.98 Å². The number of likely N-dealkylation sites (tertiary alicyclic amines) is 1. The summed E-state index contributed by atoms with van der Waals surface area (Å²) in [5, 5.41) is 8.28. The van der Waals surface area contributed by atoms with Gasteiger partial charge in [0.05, 0.1) is 11.9 Å². The molecule has 0 aliphatic carbocycles. The molecule has 0 spiro atoms. The number of anilines is 2. The average Bonchev–Trinajstić information content (AvgIpc) is 3.42. The molecule has 6 nitrogen and oxygen atoms in total. The first-order valence-electron chi connectivity index (χ1n) is 13.3. The van der Waals surface area contributed by atoms with Crippen LogP contribution >= 0.6 is 0 Å². The van der Waals surface area contributed by atoms with Crippen molar-refractivity contribution in [3.05, 3.63) is 90.5 Å². The number of hydrogen-bond acceptors (Lipinski definition) is 5. The number of amides is 1. The van der Waals surface area contributed by atoms with Gasteiger partial charge in [-0.3, -0.25) is 4.79 Å². The third kappa shape index (κ3) is 5.16. The van der Waals surface area contributed by atoms with Crippen molar-refractivity contribution in [2.45, 2.75) is 18.9 Å². The van der Waals surface area contributed by atoms with E-state index in [9.17, 15) is 4.79 Å². The van der Waals surface area contributed by atoms with E-state index in [0.717, 1.165) is 67.2 Å². The van der Waals surface area contributed by atoms with Crippen LogP contribution in [0.2, 0.25) is 0 Å². The second kappa shape index (κ2) is 10.6. The summed E-state index contributed by atoms with van der Waals surface area (Å²) >= 11 is 0. The number of fused-ring (bicyclic) bond motifs is 1. The normalized spacial score (nSPS) is 17.8. The topological polar surface area (TPSA) is 60.5 Å². The number of aromatic nitrogens is 1. The highest BCUT2D eigenvalue weighted by atomic mass is 16.2. The van der Waals surface area contributed by atoms with Crippen LogP contribution in [0.3, 0.4) is 0 Å². The number of benzene rings is 3. The maximum absolute atomic E-state index is 13.3. The van der Waals surface area contributed by atoms with Gasteiger partial charge < -0.3 is 20.4 Å². The van der Waals surface area contributed by atoms with Gasteiger partial charge in [0.15, 0.2) is 0 Å². The van der Waals surface area contributed by atoms with E-state index in [-0.39, 0.29) is 11.9 Å². The molecule has 0 saturated carbocycles. The third-order valence-corrected chi connectivity index (χ3v) is 7.49. The zero-order valence-electron chi connectivity index (χ0n) is 21.1. The Kier molecular flexibility index (Phi) is 6.74. The van der Waals surface area contributed by atoms with Crippen molar-refractivity contribution in [1.82, 2.24) is 15.2 Å². The number of nitrogens with one attached hydrogen (secondary N) is 2.